The quantitative estimate of drug-likeness (QED) is 0.678. The Labute approximate surface area is 138 Å². The number of carbonyl (C=O) groups is 1. The van der Waals surface area contributed by atoms with Crippen molar-refractivity contribution in [3.05, 3.63) is 29.8 Å². The van der Waals surface area contributed by atoms with Crippen molar-refractivity contribution in [2.75, 3.05) is 12.9 Å². The second-order valence-corrected chi connectivity index (χ2v) is 7.34. The Bertz CT molecular complexity index is 638. The molecule has 0 aliphatic carbocycles. The van der Waals surface area contributed by atoms with Crippen LogP contribution in [0.25, 0.3) is 0 Å². The number of carboxylic acid groups (broad SMARTS) is 1. The monoisotopic (exact) mass is 368 g/mol. The lowest BCUT2D eigenvalue weighted by Gasteiger charge is -2.15. The number of sulfone groups is 1. The lowest BCUT2D eigenvalue weighted by Crippen LogP contribution is -2.23. The number of methoxy groups -OCH3 is 1. The maximum absolute atomic E-state index is 12.5. The molecular weight excluding hydrogens is 349 g/mol. The van der Waals surface area contributed by atoms with E-state index < -0.39 is 33.7 Å². The fraction of sp³-hybridized carbons (Fsp3) is 0.533. The minimum absolute atomic E-state index is 0.0118. The van der Waals surface area contributed by atoms with Crippen molar-refractivity contribution in [3.8, 4) is 0 Å². The molecule has 0 aliphatic rings. The number of benzene rings is 1. The average molecular weight is 368 g/mol. The van der Waals surface area contributed by atoms with Crippen LogP contribution in [0.5, 0.6) is 0 Å². The molecule has 0 saturated heterocycles. The van der Waals surface area contributed by atoms with Gasteiger partial charge in [-0.05, 0) is 37.1 Å². The van der Waals surface area contributed by atoms with E-state index in [4.69, 9.17) is 9.84 Å². The van der Waals surface area contributed by atoms with Crippen LogP contribution in [0.2, 0.25) is 0 Å². The van der Waals surface area contributed by atoms with Gasteiger partial charge in [-0.1, -0.05) is 6.42 Å². The first-order chi connectivity index (χ1) is 11.1. The molecule has 0 aromatic heterocycles. The van der Waals surface area contributed by atoms with Crippen molar-refractivity contribution in [2.24, 2.45) is 0 Å². The summed E-state index contributed by atoms with van der Waals surface area (Å²) in [7, 11) is -2.46. The van der Waals surface area contributed by atoms with E-state index in [9.17, 15) is 26.4 Å². The summed E-state index contributed by atoms with van der Waals surface area (Å²) in [6.45, 7) is 0. The van der Waals surface area contributed by atoms with Gasteiger partial charge in [0, 0.05) is 13.5 Å². The molecule has 0 bridgehead atoms. The van der Waals surface area contributed by atoms with Gasteiger partial charge in [-0.15, -0.1) is 0 Å². The van der Waals surface area contributed by atoms with Crippen LogP contribution >= 0.6 is 0 Å². The number of ether oxygens (including phenoxy) is 1. The summed E-state index contributed by atoms with van der Waals surface area (Å²) < 4.78 is 67.1. The fourth-order valence-electron chi connectivity index (χ4n) is 2.11. The maximum atomic E-state index is 12.5. The summed E-state index contributed by atoms with van der Waals surface area (Å²) in [5, 5.41) is 8.54. The predicted octanol–water partition coefficient (Wildman–Crippen LogP) is 3.14. The van der Waals surface area contributed by atoms with E-state index in [-0.39, 0.29) is 17.1 Å². The van der Waals surface area contributed by atoms with Crippen LogP contribution < -0.4 is 0 Å². The van der Waals surface area contributed by atoms with Gasteiger partial charge in [-0.25, -0.2) is 8.42 Å². The Kier molecular flexibility index (Phi) is 7.22. The largest absolute Gasteiger partial charge is 0.481 e. The zero-order valence-electron chi connectivity index (χ0n) is 13.0. The topological polar surface area (TPSA) is 80.7 Å². The van der Waals surface area contributed by atoms with Gasteiger partial charge in [0.25, 0.3) is 0 Å². The summed E-state index contributed by atoms with van der Waals surface area (Å²) in [5.74, 6) is -1.30. The van der Waals surface area contributed by atoms with Gasteiger partial charge in [-0.2, -0.15) is 13.2 Å². The van der Waals surface area contributed by atoms with Crippen molar-refractivity contribution in [2.45, 2.75) is 42.9 Å². The molecule has 24 heavy (non-hydrogen) atoms. The standard InChI is InChI=1S/C15H19F3O5S/c1-23-12(4-2-3-5-14(19)20)10-24(21,22)13-8-6-11(7-9-13)15(16,17)18/h6-9,12H,2-5,10H2,1H3,(H,19,20). The molecule has 0 radical (unpaired) electrons. The molecule has 1 atom stereocenters. The van der Waals surface area contributed by atoms with Crippen molar-refractivity contribution in [1.82, 2.24) is 0 Å². The normalized spacial score (nSPS) is 13.7. The number of alkyl halides is 3. The third-order valence-corrected chi connectivity index (χ3v) is 5.25. The van der Waals surface area contributed by atoms with Gasteiger partial charge >= 0.3 is 12.1 Å². The van der Waals surface area contributed by atoms with Crippen molar-refractivity contribution in [1.29, 1.82) is 0 Å². The zero-order chi connectivity index (χ0) is 18.4. The Morgan fingerprint density at radius 1 is 1.21 bits per heavy atom. The van der Waals surface area contributed by atoms with Gasteiger partial charge in [0.2, 0.25) is 0 Å². The van der Waals surface area contributed by atoms with Crippen LogP contribution in [0.3, 0.4) is 0 Å². The van der Waals surface area contributed by atoms with E-state index in [2.05, 4.69) is 0 Å². The summed E-state index contributed by atoms with van der Waals surface area (Å²) in [6.07, 6.45) is -3.96. The first-order valence-corrected chi connectivity index (χ1v) is 8.86. The molecule has 0 aliphatic heterocycles. The van der Waals surface area contributed by atoms with Gasteiger partial charge in [0.05, 0.1) is 22.3 Å². The molecule has 1 aromatic rings. The highest BCUT2D eigenvalue weighted by Gasteiger charge is 2.31. The van der Waals surface area contributed by atoms with Gasteiger partial charge in [-0.3, -0.25) is 4.79 Å². The van der Waals surface area contributed by atoms with Gasteiger partial charge in [0.1, 0.15) is 0 Å². The molecular formula is C15H19F3O5S. The lowest BCUT2D eigenvalue weighted by molar-refractivity contribution is -0.138. The van der Waals surface area contributed by atoms with Crippen LogP contribution in [-0.4, -0.2) is 38.5 Å². The third-order valence-electron chi connectivity index (χ3n) is 3.45. The number of aliphatic carboxylic acids is 1. The van der Waals surface area contributed by atoms with E-state index in [1.807, 2.05) is 0 Å². The fourth-order valence-corrected chi connectivity index (χ4v) is 3.65. The second kappa shape index (κ2) is 8.48. The van der Waals surface area contributed by atoms with Crippen LogP contribution in [0.1, 0.15) is 31.2 Å². The molecule has 1 N–H and O–H groups in total. The van der Waals surface area contributed by atoms with Crippen LogP contribution in [0.15, 0.2) is 29.2 Å². The maximum Gasteiger partial charge on any atom is 0.416 e. The molecule has 1 unspecified atom stereocenters. The van der Waals surface area contributed by atoms with Crippen LogP contribution in [0, 0.1) is 0 Å². The summed E-state index contributed by atoms with van der Waals surface area (Å²) >= 11 is 0. The van der Waals surface area contributed by atoms with E-state index in [1.54, 1.807) is 0 Å². The van der Waals surface area contributed by atoms with Crippen molar-refractivity contribution in [3.63, 3.8) is 0 Å². The Morgan fingerprint density at radius 2 is 1.79 bits per heavy atom. The Hall–Kier alpha value is -1.61. The van der Waals surface area contributed by atoms with E-state index >= 15 is 0 Å². The highest BCUT2D eigenvalue weighted by molar-refractivity contribution is 7.91. The average Bonchev–Trinajstić information content (AvgIpc) is 2.49. The Morgan fingerprint density at radius 3 is 2.25 bits per heavy atom. The molecule has 1 rings (SSSR count). The van der Waals surface area contributed by atoms with E-state index in [0.717, 1.165) is 24.3 Å². The Balaban J connectivity index is 2.71. The molecule has 9 heteroatoms. The minimum Gasteiger partial charge on any atom is -0.481 e. The third kappa shape index (κ3) is 6.48. The molecule has 136 valence electrons. The van der Waals surface area contributed by atoms with Crippen molar-refractivity contribution < 1.29 is 36.2 Å². The van der Waals surface area contributed by atoms with Gasteiger partial charge < -0.3 is 9.84 Å². The molecule has 1 aromatic carbocycles. The van der Waals surface area contributed by atoms with E-state index in [1.165, 1.54) is 7.11 Å². The molecule has 0 heterocycles. The first-order valence-electron chi connectivity index (χ1n) is 7.21. The summed E-state index contributed by atoms with van der Waals surface area (Å²) in [6, 6.07) is 3.30. The molecule has 0 spiro atoms. The van der Waals surface area contributed by atoms with Gasteiger partial charge in [0.15, 0.2) is 9.84 Å². The number of hydrogen-bond donors (Lipinski definition) is 1. The summed E-state index contributed by atoms with van der Waals surface area (Å²) in [5.41, 5.74) is -0.918. The SMILES string of the molecule is COC(CCCCC(=O)O)CS(=O)(=O)c1ccc(C(F)(F)F)cc1. The zero-order valence-corrected chi connectivity index (χ0v) is 13.9. The first kappa shape index (κ1) is 20.4. The van der Waals surface area contributed by atoms with Crippen molar-refractivity contribution >= 4 is 15.8 Å². The highest BCUT2D eigenvalue weighted by atomic mass is 32.2. The number of carboxylic acids is 1. The number of halogens is 3. The second-order valence-electron chi connectivity index (χ2n) is 5.30. The lowest BCUT2D eigenvalue weighted by atomic mass is 10.1. The number of hydrogen-bond acceptors (Lipinski definition) is 4. The molecule has 0 fully saturated rings. The highest BCUT2D eigenvalue weighted by Crippen LogP contribution is 2.30. The predicted molar refractivity (Wildman–Crippen MR) is 80.4 cm³/mol. The molecule has 0 amide bonds. The molecule has 0 saturated carbocycles. The minimum atomic E-state index is -4.53. The number of unbranched alkanes of at least 4 members (excludes halogenated alkanes) is 1. The summed E-state index contributed by atoms with van der Waals surface area (Å²) in [4.78, 5) is 10.2. The van der Waals surface area contributed by atoms with Crippen LogP contribution in [-0.2, 0) is 25.5 Å². The smallest absolute Gasteiger partial charge is 0.416 e. The van der Waals surface area contributed by atoms with Crippen LogP contribution in [0.4, 0.5) is 13.2 Å². The number of rotatable bonds is 9. The van der Waals surface area contributed by atoms with E-state index in [0.29, 0.717) is 19.3 Å². The molecule has 5 nitrogen and oxygen atoms in total.